The van der Waals surface area contributed by atoms with Crippen molar-refractivity contribution in [3.05, 3.63) is 0 Å². The van der Waals surface area contributed by atoms with Crippen molar-refractivity contribution >= 4 is 15.9 Å². The van der Waals surface area contributed by atoms with Crippen molar-refractivity contribution in [2.45, 2.75) is 25.6 Å². The van der Waals surface area contributed by atoms with E-state index < -0.39 is 0 Å². The summed E-state index contributed by atoms with van der Waals surface area (Å²) in [5, 5.41) is 9.73. The van der Waals surface area contributed by atoms with E-state index in [0.29, 0.717) is 5.33 Å². The summed E-state index contributed by atoms with van der Waals surface area (Å²) >= 11 is 3.17. The van der Waals surface area contributed by atoms with Gasteiger partial charge in [-0.3, -0.25) is 0 Å². The molecule has 9 heavy (non-hydrogen) atoms. The molecule has 2 unspecified atom stereocenters. The molecule has 0 aliphatic rings. The lowest BCUT2D eigenvalue weighted by Gasteiger charge is -2.17. The second-order valence-corrected chi connectivity index (χ2v) is 2.55. The van der Waals surface area contributed by atoms with Gasteiger partial charge in [0.15, 0.2) is 0 Å². The minimum absolute atomic E-state index is 0.0237. The number of aliphatic hydroxyl groups is 1. The molecule has 0 aromatic rings. The quantitative estimate of drug-likeness (QED) is 0.685. The molecule has 56 valence electrons. The number of aliphatic hydroxyl groups excluding tert-OH is 1. The second kappa shape index (κ2) is 5.21. The van der Waals surface area contributed by atoms with E-state index in [2.05, 4.69) is 15.9 Å². The fraction of sp³-hybridized carbons (Fsp3) is 1.00. The van der Waals surface area contributed by atoms with Crippen LogP contribution in [-0.4, -0.2) is 29.8 Å². The Morgan fingerprint density at radius 3 is 2.33 bits per heavy atom. The first-order valence-electron chi connectivity index (χ1n) is 3.03. The summed E-state index contributed by atoms with van der Waals surface area (Å²) < 4.78 is 4.97. The molecule has 2 nitrogen and oxygen atoms in total. The molecule has 0 aromatic carbocycles. The van der Waals surface area contributed by atoms with Gasteiger partial charge in [0.1, 0.15) is 0 Å². The predicted octanol–water partition coefficient (Wildman–Crippen LogP) is 1.17. The minimum atomic E-state index is -0.375. The van der Waals surface area contributed by atoms with Gasteiger partial charge in [-0.2, -0.15) is 0 Å². The van der Waals surface area contributed by atoms with E-state index in [1.165, 1.54) is 0 Å². The summed E-state index contributed by atoms with van der Waals surface area (Å²) in [5.74, 6) is 0. The van der Waals surface area contributed by atoms with Crippen LogP contribution in [0.25, 0.3) is 0 Å². The lowest BCUT2D eigenvalue weighted by atomic mass is 10.2. The number of hydrogen-bond donors (Lipinski definition) is 1. The van der Waals surface area contributed by atoms with Crippen LogP contribution in [-0.2, 0) is 4.74 Å². The van der Waals surface area contributed by atoms with Gasteiger partial charge >= 0.3 is 0 Å². The summed E-state index contributed by atoms with van der Waals surface area (Å²) in [5.41, 5.74) is 0. The highest BCUT2D eigenvalue weighted by Gasteiger charge is 2.13. The average Bonchev–Trinajstić information content (AvgIpc) is 1.90. The maximum atomic E-state index is 9.15. The van der Waals surface area contributed by atoms with Crippen LogP contribution in [0.15, 0.2) is 0 Å². The van der Waals surface area contributed by atoms with E-state index in [0.717, 1.165) is 6.42 Å². The van der Waals surface area contributed by atoms with Crippen molar-refractivity contribution in [3.63, 3.8) is 0 Å². The second-order valence-electron chi connectivity index (χ2n) is 1.90. The highest BCUT2D eigenvalue weighted by atomic mass is 79.9. The van der Waals surface area contributed by atoms with E-state index in [-0.39, 0.29) is 12.2 Å². The van der Waals surface area contributed by atoms with E-state index in [1.807, 2.05) is 6.92 Å². The Hall–Kier alpha value is 0.400. The highest BCUT2D eigenvalue weighted by Crippen LogP contribution is 2.04. The molecule has 0 saturated carbocycles. The highest BCUT2D eigenvalue weighted by molar-refractivity contribution is 9.09. The minimum Gasteiger partial charge on any atom is -0.390 e. The van der Waals surface area contributed by atoms with Crippen LogP contribution in [0.2, 0.25) is 0 Å². The summed E-state index contributed by atoms with van der Waals surface area (Å²) in [7, 11) is 1.61. The molecule has 0 aliphatic carbocycles. The maximum absolute atomic E-state index is 9.15. The molecule has 0 aromatic heterocycles. The number of alkyl halides is 1. The number of halogens is 1. The van der Waals surface area contributed by atoms with Crippen LogP contribution in [0, 0.1) is 0 Å². The molecule has 2 atom stereocenters. The Labute approximate surface area is 64.3 Å². The molecule has 0 amide bonds. The Bertz CT molecular complexity index is 64.1. The van der Waals surface area contributed by atoms with Gasteiger partial charge in [-0.15, -0.1) is 0 Å². The normalized spacial score (nSPS) is 17.3. The molecule has 0 radical (unpaired) electrons. The van der Waals surface area contributed by atoms with Crippen LogP contribution in [0.4, 0.5) is 0 Å². The third kappa shape index (κ3) is 3.18. The van der Waals surface area contributed by atoms with E-state index in [4.69, 9.17) is 9.84 Å². The molecular formula is C6H13BrO2. The van der Waals surface area contributed by atoms with Crippen LogP contribution in [0.1, 0.15) is 13.3 Å². The Morgan fingerprint density at radius 1 is 1.67 bits per heavy atom. The smallest absolute Gasteiger partial charge is 0.0898 e. The van der Waals surface area contributed by atoms with Gasteiger partial charge in [-0.1, -0.05) is 22.9 Å². The molecule has 1 N–H and O–H groups in total. The molecule has 0 saturated heterocycles. The van der Waals surface area contributed by atoms with Crippen molar-refractivity contribution < 1.29 is 9.84 Å². The molecule has 0 rings (SSSR count). The van der Waals surface area contributed by atoms with E-state index in [9.17, 15) is 0 Å². The molecule has 0 aliphatic heterocycles. The predicted molar refractivity (Wildman–Crippen MR) is 40.9 cm³/mol. The van der Waals surface area contributed by atoms with Gasteiger partial charge in [-0.25, -0.2) is 0 Å². The van der Waals surface area contributed by atoms with Crippen LogP contribution in [0.5, 0.6) is 0 Å². The third-order valence-corrected chi connectivity index (χ3v) is 1.96. The van der Waals surface area contributed by atoms with Crippen molar-refractivity contribution in [1.82, 2.24) is 0 Å². The van der Waals surface area contributed by atoms with Crippen LogP contribution < -0.4 is 0 Å². The lowest BCUT2D eigenvalue weighted by Crippen LogP contribution is -2.28. The molecule has 3 heteroatoms. The molecule has 0 bridgehead atoms. The van der Waals surface area contributed by atoms with Gasteiger partial charge in [0.25, 0.3) is 0 Å². The fourth-order valence-corrected chi connectivity index (χ4v) is 1.11. The lowest BCUT2D eigenvalue weighted by molar-refractivity contribution is -0.000755. The zero-order chi connectivity index (χ0) is 7.28. The third-order valence-electron chi connectivity index (χ3n) is 1.29. The summed E-state index contributed by atoms with van der Waals surface area (Å²) in [6.45, 7) is 1.99. The zero-order valence-corrected chi connectivity index (χ0v) is 7.39. The van der Waals surface area contributed by atoms with Gasteiger partial charge in [-0.05, 0) is 6.42 Å². The van der Waals surface area contributed by atoms with Gasteiger partial charge < -0.3 is 9.84 Å². The topological polar surface area (TPSA) is 29.5 Å². The van der Waals surface area contributed by atoms with Crippen molar-refractivity contribution in [1.29, 1.82) is 0 Å². The van der Waals surface area contributed by atoms with Crippen molar-refractivity contribution in [2.75, 3.05) is 12.4 Å². The van der Waals surface area contributed by atoms with E-state index >= 15 is 0 Å². The van der Waals surface area contributed by atoms with Crippen LogP contribution >= 0.6 is 15.9 Å². The molecule has 0 fully saturated rings. The average molecular weight is 197 g/mol. The summed E-state index contributed by atoms with van der Waals surface area (Å²) in [4.78, 5) is 0. The number of hydrogen-bond acceptors (Lipinski definition) is 2. The number of rotatable bonds is 4. The first-order chi connectivity index (χ1) is 4.26. The molecule has 0 spiro atoms. The standard InChI is InChI=1S/C6H13BrO2/c1-3-6(9-2)5(8)4-7/h5-6,8H,3-4H2,1-2H3. The van der Waals surface area contributed by atoms with Gasteiger partial charge in [0.2, 0.25) is 0 Å². The maximum Gasteiger partial charge on any atom is 0.0898 e. The number of ether oxygens (including phenoxy) is 1. The SMILES string of the molecule is CCC(OC)C(O)CBr. The van der Waals surface area contributed by atoms with Crippen molar-refractivity contribution in [3.8, 4) is 0 Å². The zero-order valence-electron chi connectivity index (χ0n) is 5.80. The molecule has 0 heterocycles. The Balaban J connectivity index is 3.50. The first-order valence-corrected chi connectivity index (χ1v) is 4.15. The monoisotopic (exact) mass is 196 g/mol. The van der Waals surface area contributed by atoms with Gasteiger partial charge in [0, 0.05) is 12.4 Å². The first kappa shape index (κ1) is 9.40. The Morgan fingerprint density at radius 2 is 2.22 bits per heavy atom. The van der Waals surface area contributed by atoms with Crippen molar-refractivity contribution in [2.24, 2.45) is 0 Å². The Kier molecular flexibility index (Phi) is 5.44. The number of methoxy groups -OCH3 is 1. The van der Waals surface area contributed by atoms with Crippen LogP contribution in [0.3, 0.4) is 0 Å². The van der Waals surface area contributed by atoms with Gasteiger partial charge in [0.05, 0.1) is 12.2 Å². The summed E-state index contributed by atoms with van der Waals surface area (Å²) in [6, 6.07) is 0. The largest absolute Gasteiger partial charge is 0.390 e. The summed E-state index contributed by atoms with van der Waals surface area (Å²) in [6.07, 6.45) is 0.452. The van der Waals surface area contributed by atoms with E-state index in [1.54, 1.807) is 7.11 Å². The molecular weight excluding hydrogens is 184 g/mol. The fourth-order valence-electron chi connectivity index (χ4n) is 0.695.